The van der Waals surface area contributed by atoms with Gasteiger partial charge in [0, 0.05) is 31.0 Å². The van der Waals surface area contributed by atoms with Crippen molar-refractivity contribution in [3.63, 3.8) is 0 Å². The van der Waals surface area contributed by atoms with Gasteiger partial charge in [0.2, 0.25) is 0 Å². The largest absolute Gasteiger partial charge is 0.377 e. The maximum Gasteiger partial charge on any atom is 0.101 e. The van der Waals surface area contributed by atoms with Crippen molar-refractivity contribution in [2.75, 3.05) is 19.0 Å². The van der Waals surface area contributed by atoms with E-state index < -0.39 is 0 Å². The van der Waals surface area contributed by atoms with Gasteiger partial charge in [-0.2, -0.15) is 5.26 Å². The fourth-order valence-corrected chi connectivity index (χ4v) is 2.06. The Hall–Kier alpha value is -2.34. The van der Waals surface area contributed by atoms with Crippen LogP contribution in [0.3, 0.4) is 0 Å². The molecule has 1 aromatic heterocycles. The van der Waals surface area contributed by atoms with Crippen LogP contribution in [0.15, 0.2) is 30.3 Å². The van der Waals surface area contributed by atoms with E-state index in [1.165, 1.54) is 0 Å². The number of anilines is 1. The summed E-state index contributed by atoms with van der Waals surface area (Å²) in [6.07, 6.45) is 0. The highest BCUT2D eigenvalue weighted by Crippen LogP contribution is 2.31. The molecule has 0 N–H and O–H groups in total. The van der Waals surface area contributed by atoms with E-state index in [4.69, 9.17) is 0 Å². The number of hydrogen-bond acceptors (Lipinski definition) is 3. The molecular formula is C16H17N3. The third-order valence-electron chi connectivity index (χ3n) is 3.23. The number of benzene rings is 1. The summed E-state index contributed by atoms with van der Waals surface area (Å²) in [4.78, 5) is 6.64. The summed E-state index contributed by atoms with van der Waals surface area (Å²) in [5, 5.41) is 9.32. The van der Waals surface area contributed by atoms with Crippen molar-refractivity contribution in [2.45, 2.75) is 13.8 Å². The third kappa shape index (κ3) is 2.43. The van der Waals surface area contributed by atoms with E-state index in [1.54, 1.807) is 0 Å². The molecule has 2 rings (SSSR count). The first-order valence-corrected chi connectivity index (χ1v) is 6.19. The first kappa shape index (κ1) is 13.1. The van der Waals surface area contributed by atoms with E-state index in [1.807, 2.05) is 63.2 Å². The number of aryl methyl sites for hydroxylation is 2. The zero-order valence-electron chi connectivity index (χ0n) is 11.7. The standard InChI is InChI=1S/C16H17N3/c1-11-9-13(10-17)16(18-12(11)2)14-7-5-6-8-15(14)19(3)4/h5-9H,1-4H3. The van der Waals surface area contributed by atoms with Crippen molar-refractivity contribution in [3.8, 4) is 17.3 Å². The lowest BCUT2D eigenvalue weighted by Gasteiger charge is -2.18. The predicted octanol–water partition coefficient (Wildman–Crippen LogP) is 3.30. The minimum atomic E-state index is 0.623. The maximum atomic E-state index is 9.32. The average Bonchev–Trinajstić information content (AvgIpc) is 2.41. The second kappa shape index (κ2) is 5.11. The fourth-order valence-electron chi connectivity index (χ4n) is 2.06. The van der Waals surface area contributed by atoms with Gasteiger partial charge >= 0.3 is 0 Å². The molecule has 0 aliphatic rings. The van der Waals surface area contributed by atoms with E-state index >= 15 is 0 Å². The van der Waals surface area contributed by atoms with Crippen molar-refractivity contribution in [1.29, 1.82) is 5.26 Å². The Morgan fingerprint density at radius 3 is 2.47 bits per heavy atom. The lowest BCUT2D eigenvalue weighted by molar-refractivity contribution is 1.11. The Bertz CT molecular complexity index is 652. The zero-order chi connectivity index (χ0) is 14.0. The van der Waals surface area contributed by atoms with Crippen molar-refractivity contribution in [2.24, 2.45) is 0 Å². The number of nitriles is 1. The lowest BCUT2D eigenvalue weighted by Crippen LogP contribution is -2.10. The Balaban J connectivity index is 2.73. The van der Waals surface area contributed by atoms with Gasteiger partial charge in [-0.3, -0.25) is 4.98 Å². The van der Waals surface area contributed by atoms with Gasteiger partial charge in [-0.1, -0.05) is 18.2 Å². The molecule has 19 heavy (non-hydrogen) atoms. The van der Waals surface area contributed by atoms with Crippen LogP contribution in [0.25, 0.3) is 11.3 Å². The number of rotatable bonds is 2. The maximum absolute atomic E-state index is 9.32. The average molecular weight is 251 g/mol. The van der Waals surface area contributed by atoms with Crippen molar-refractivity contribution >= 4 is 5.69 Å². The SMILES string of the molecule is Cc1cc(C#N)c(-c2ccccc2N(C)C)nc1C. The summed E-state index contributed by atoms with van der Waals surface area (Å²) in [7, 11) is 3.98. The number of hydrogen-bond donors (Lipinski definition) is 0. The van der Waals surface area contributed by atoms with Gasteiger partial charge in [0.25, 0.3) is 0 Å². The smallest absolute Gasteiger partial charge is 0.101 e. The summed E-state index contributed by atoms with van der Waals surface area (Å²) >= 11 is 0. The normalized spacial score (nSPS) is 10.1. The molecule has 0 atom stereocenters. The van der Waals surface area contributed by atoms with Gasteiger partial charge < -0.3 is 4.90 Å². The lowest BCUT2D eigenvalue weighted by atomic mass is 10.0. The van der Waals surface area contributed by atoms with Gasteiger partial charge in [-0.15, -0.1) is 0 Å². The van der Waals surface area contributed by atoms with Crippen LogP contribution in [0, 0.1) is 25.2 Å². The molecule has 0 aliphatic carbocycles. The van der Waals surface area contributed by atoms with E-state index in [0.717, 1.165) is 28.2 Å². The highest BCUT2D eigenvalue weighted by molar-refractivity contribution is 5.79. The van der Waals surface area contributed by atoms with Crippen LogP contribution < -0.4 is 4.90 Å². The molecule has 0 fully saturated rings. The molecule has 3 nitrogen and oxygen atoms in total. The highest BCUT2D eigenvalue weighted by Gasteiger charge is 2.13. The molecule has 1 aromatic carbocycles. The monoisotopic (exact) mass is 251 g/mol. The molecule has 2 aromatic rings. The van der Waals surface area contributed by atoms with Crippen LogP contribution in [0.5, 0.6) is 0 Å². The highest BCUT2D eigenvalue weighted by atomic mass is 15.1. The Morgan fingerprint density at radius 2 is 1.84 bits per heavy atom. The molecule has 0 saturated heterocycles. The second-order valence-electron chi connectivity index (χ2n) is 4.81. The van der Waals surface area contributed by atoms with E-state index in [-0.39, 0.29) is 0 Å². The van der Waals surface area contributed by atoms with Crippen molar-refractivity contribution < 1.29 is 0 Å². The topological polar surface area (TPSA) is 39.9 Å². The molecule has 3 heteroatoms. The minimum Gasteiger partial charge on any atom is -0.377 e. The predicted molar refractivity (Wildman–Crippen MR) is 78.2 cm³/mol. The Morgan fingerprint density at radius 1 is 1.16 bits per heavy atom. The number of pyridine rings is 1. The molecule has 0 spiro atoms. The van der Waals surface area contributed by atoms with Gasteiger partial charge in [0.05, 0.1) is 11.3 Å². The fraction of sp³-hybridized carbons (Fsp3) is 0.250. The van der Waals surface area contributed by atoms with E-state index in [0.29, 0.717) is 5.56 Å². The molecule has 0 saturated carbocycles. The van der Waals surface area contributed by atoms with Crippen LogP contribution in [0.1, 0.15) is 16.8 Å². The second-order valence-corrected chi connectivity index (χ2v) is 4.81. The van der Waals surface area contributed by atoms with Gasteiger partial charge in [-0.05, 0) is 31.5 Å². The van der Waals surface area contributed by atoms with Crippen LogP contribution in [0.4, 0.5) is 5.69 Å². The molecular weight excluding hydrogens is 234 g/mol. The summed E-state index contributed by atoms with van der Waals surface area (Å²) in [5.41, 5.74) is 5.44. The molecule has 0 radical (unpaired) electrons. The van der Waals surface area contributed by atoms with Crippen LogP contribution >= 0.6 is 0 Å². The minimum absolute atomic E-state index is 0.623. The van der Waals surface area contributed by atoms with Crippen LogP contribution in [-0.4, -0.2) is 19.1 Å². The molecule has 0 aliphatic heterocycles. The Labute approximate surface area is 114 Å². The van der Waals surface area contributed by atoms with Crippen molar-refractivity contribution in [1.82, 2.24) is 4.98 Å². The zero-order valence-corrected chi connectivity index (χ0v) is 11.7. The molecule has 0 unspecified atom stereocenters. The molecule has 0 amide bonds. The Kier molecular flexibility index (Phi) is 3.52. The molecule has 96 valence electrons. The van der Waals surface area contributed by atoms with E-state index in [9.17, 15) is 5.26 Å². The van der Waals surface area contributed by atoms with Crippen LogP contribution in [0.2, 0.25) is 0 Å². The number of nitrogens with zero attached hydrogens (tertiary/aromatic N) is 3. The van der Waals surface area contributed by atoms with Gasteiger partial charge in [0.15, 0.2) is 0 Å². The first-order chi connectivity index (χ1) is 9.04. The van der Waals surface area contributed by atoms with Crippen molar-refractivity contribution in [3.05, 3.63) is 47.2 Å². The summed E-state index contributed by atoms with van der Waals surface area (Å²) in [6, 6.07) is 12.2. The quantitative estimate of drug-likeness (QED) is 0.822. The molecule has 0 bridgehead atoms. The van der Waals surface area contributed by atoms with E-state index in [2.05, 4.69) is 11.1 Å². The van der Waals surface area contributed by atoms with Crippen LogP contribution in [-0.2, 0) is 0 Å². The third-order valence-corrected chi connectivity index (χ3v) is 3.23. The van der Waals surface area contributed by atoms with Gasteiger partial charge in [-0.25, -0.2) is 0 Å². The molecule has 1 heterocycles. The summed E-state index contributed by atoms with van der Waals surface area (Å²) in [5.74, 6) is 0. The summed E-state index contributed by atoms with van der Waals surface area (Å²) < 4.78 is 0. The first-order valence-electron chi connectivity index (χ1n) is 6.19. The number of para-hydroxylation sites is 1. The summed E-state index contributed by atoms with van der Waals surface area (Å²) in [6.45, 7) is 3.95. The number of aromatic nitrogens is 1. The van der Waals surface area contributed by atoms with Gasteiger partial charge in [0.1, 0.15) is 6.07 Å².